The Balaban J connectivity index is 1.96. The van der Waals surface area contributed by atoms with Crippen LogP contribution < -0.4 is 10.1 Å². The molecule has 0 radical (unpaired) electrons. The van der Waals surface area contributed by atoms with E-state index in [0.29, 0.717) is 12.0 Å². The van der Waals surface area contributed by atoms with Gasteiger partial charge in [0.1, 0.15) is 36.5 Å². The molecule has 0 bridgehead atoms. The highest BCUT2D eigenvalue weighted by Gasteiger charge is 2.44. The van der Waals surface area contributed by atoms with Gasteiger partial charge in [-0.05, 0) is 24.3 Å². The fraction of sp³-hybridized carbons (Fsp3) is 0.500. The lowest BCUT2D eigenvalue weighted by Gasteiger charge is -2.39. The monoisotopic (exact) mass is 355 g/mol. The third kappa shape index (κ3) is 4.97. The van der Waals surface area contributed by atoms with Crippen molar-refractivity contribution >= 4 is 17.9 Å². The Morgan fingerprint density at radius 1 is 1.16 bits per heavy atom. The van der Waals surface area contributed by atoms with Gasteiger partial charge in [-0.3, -0.25) is 4.79 Å². The van der Waals surface area contributed by atoms with Gasteiger partial charge in [-0.15, -0.1) is 0 Å². The lowest BCUT2D eigenvalue weighted by atomic mass is 9.99. The zero-order chi connectivity index (χ0) is 18.4. The smallest absolute Gasteiger partial charge is 0.229 e. The molecule has 1 aromatic rings. The second-order valence-electron chi connectivity index (χ2n) is 5.59. The van der Waals surface area contributed by atoms with Crippen LogP contribution in [0.3, 0.4) is 0 Å². The van der Waals surface area contributed by atoms with Crippen LogP contribution in [0.1, 0.15) is 12.8 Å². The molecule has 138 valence electrons. The maximum absolute atomic E-state index is 11.5. The number of nitrogens with one attached hydrogen (secondary N) is 1. The number of carbonyl (C=O) groups is 2. The number of hydrogen-bond donors (Lipinski definition) is 5. The molecule has 0 aromatic heterocycles. The molecule has 1 aromatic carbocycles. The summed E-state index contributed by atoms with van der Waals surface area (Å²) in [5, 5.41) is 41.1. The molecule has 1 amide bonds. The number of anilines is 1. The van der Waals surface area contributed by atoms with Crippen molar-refractivity contribution < 1.29 is 39.5 Å². The molecule has 0 aliphatic carbocycles. The third-order valence-electron chi connectivity index (χ3n) is 3.73. The first-order valence-corrected chi connectivity index (χ1v) is 7.77. The molecule has 1 heterocycles. The van der Waals surface area contributed by atoms with Gasteiger partial charge in [0.15, 0.2) is 0 Å². The van der Waals surface area contributed by atoms with E-state index in [-0.39, 0.29) is 24.5 Å². The van der Waals surface area contributed by atoms with Crippen molar-refractivity contribution in [1.82, 2.24) is 0 Å². The predicted molar refractivity (Wildman–Crippen MR) is 84.8 cm³/mol. The lowest BCUT2D eigenvalue weighted by molar-refractivity contribution is -0.277. The summed E-state index contributed by atoms with van der Waals surface area (Å²) in [7, 11) is 0. The van der Waals surface area contributed by atoms with Crippen molar-refractivity contribution in [3.8, 4) is 5.75 Å². The van der Waals surface area contributed by atoms with Crippen molar-refractivity contribution in [2.75, 3.05) is 11.9 Å². The molecule has 1 aliphatic rings. The van der Waals surface area contributed by atoms with Gasteiger partial charge >= 0.3 is 0 Å². The summed E-state index contributed by atoms with van der Waals surface area (Å²) in [6.45, 7) is -0.545. The Morgan fingerprint density at radius 3 is 2.44 bits per heavy atom. The minimum atomic E-state index is -1.52. The maximum atomic E-state index is 11.5. The first-order chi connectivity index (χ1) is 12.0. The maximum Gasteiger partial charge on any atom is 0.229 e. The van der Waals surface area contributed by atoms with Gasteiger partial charge in [-0.1, -0.05) is 0 Å². The number of aliphatic hydroxyl groups excluding tert-OH is 4. The van der Waals surface area contributed by atoms with E-state index in [9.17, 15) is 24.9 Å². The first-order valence-electron chi connectivity index (χ1n) is 7.77. The van der Waals surface area contributed by atoms with E-state index in [4.69, 9.17) is 14.6 Å². The van der Waals surface area contributed by atoms with E-state index in [2.05, 4.69) is 5.32 Å². The van der Waals surface area contributed by atoms with E-state index in [1.807, 2.05) is 0 Å². The summed E-state index contributed by atoms with van der Waals surface area (Å²) in [6, 6.07) is 6.13. The fourth-order valence-electron chi connectivity index (χ4n) is 2.33. The molecule has 25 heavy (non-hydrogen) atoms. The molecule has 0 saturated carbocycles. The molecule has 1 fully saturated rings. The molecule has 5 N–H and O–H groups in total. The largest absolute Gasteiger partial charge is 0.462 e. The molecule has 9 nitrogen and oxygen atoms in total. The summed E-state index contributed by atoms with van der Waals surface area (Å²) < 4.78 is 10.7. The van der Waals surface area contributed by atoms with E-state index in [0.717, 1.165) is 0 Å². The van der Waals surface area contributed by atoms with Gasteiger partial charge in [0.25, 0.3) is 0 Å². The number of aliphatic hydroxyl groups is 4. The molecule has 5 atom stereocenters. The zero-order valence-electron chi connectivity index (χ0n) is 13.3. The van der Waals surface area contributed by atoms with Crippen molar-refractivity contribution in [3.63, 3.8) is 0 Å². The Labute approximate surface area is 143 Å². The van der Waals surface area contributed by atoms with Crippen LogP contribution in [0.25, 0.3) is 0 Å². The van der Waals surface area contributed by atoms with Gasteiger partial charge < -0.3 is 40.0 Å². The summed E-state index contributed by atoms with van der Waals surface area (Å²) in [5.74, 6) is -0.00933. The number of amides is 1. The van der Waals surface area contributed by atoms with Crippen LogP contribution in [0.15, 0.2) is 24.3 Å². The molecule has 1 saturated heterocycles. The number of benzene rings is 1. The summed E-state index contributed by atoms with van der Waals surface area (Å²) >= 11 is 0. The Kier molecular flexibility index (Phi) is 6.85. The summed E-state index contributed by atoms with van der Waals surface area (Å²) in [5.41, 5.74) is 0.497. The zero-order valence-corrected chi connectivity index (χ0v) is 13.3. The quantitative estimate of drug-likeness (QED) is 0.383. The number of carbonyl (C=O) groups excluding carboxylic acids is 2. The van der Waals surface area contributed by atoms with Crippen LogP contribution in [0.2, 0.25) is 0 Å². The standard InChI is InChI=1S/C16H21NO8/c18-7-1-2-12(20)17-9-3-5-10(6-4-9)24-16-15(23)14(22)13(21)11(8-19)25-16/h3-7,11,13-16,19,21-23H,1-2,8H2,(H,17,20)/t11-,13-,14+,15-,16?/m1/s1. The normalized spacial score (nSPS) is 29.0. The Morgan fingerprint density at radius 2 is 1.84 bits per heavy atom. The third-order valence-corrected chi connectivity index (χ3v) is 3.73. The van der Waals surface area contributed by atoms with Crippen LogP contribution in [0.5, 0.6) is 5.75 Å². The molecule has 9 heteroatoms. The minimum absolute atomic E-state index is 0.0899. The van der Waals surface area contributed by atoms with E-state index < -0.39 is 37.3 Å². The van der Waals surface area contributed by atoms with Gasteiger partial charge in [0.2, 0.25) is 12.2 Å². The molecule has 0 spiro atoms. The second-order valence-corrected chi connectivity index (χ2v) is 5.59. The second kappa shape index (κ2) is 8.88. The van der Waals surface area contributed by atoms with Crippen LogP contribution in [-0.4, -0.2) is 69.9 Å². The lowest BCUT2D eigenvalue weighted by Crippen LogP contribution is -2.60. The number of hydrogen-bond acceptors (Lipinski definition) is 8. The summed E-state index contributed by atoms with van der Waals surface area (Å²) in [6.07, 6.45) is -5.91. The number of aldehydes is 1. The van der Waals surface area contributed by atoms with Crippen LogP contribution >= 0.6 is 0 Å². The van der Waals surface area contributed by atoms with Crippen LogP contribution in [0, 0.1) is 0 Å². The van der Waals surface area contributed by atoms with Crippen LogP contribution in [-0.2, 0) is 14.3 Å². The van der Waals surface area contributed by atoms with Gasteiger partial charge in [-0.2, -0.15) is 0 Å². The molecular weight excluding hydrogens is 334 g/mol. The number of ether oxygens (including phenoxy) is 2. The van der Waals surface area contributed by atoms with Gasteiger partial charge in [0.05, 0.1) is 6.61 Å². The highest BCUT2D eigenvalue weighted by molar-refractivity contribution is 5.91. The Bertz CT molecular complexity index is 576. The highest BCUT2D eigenvalue weighted by Crippen LogP contribution is 2.25. The average molecular weight is 355 g/mol. The van der Waals surface area contributed by atoms with Crippen molar-refractivity contribution in [2.24, 2.45) is 0 Å². The molecule has 2 rings (SSSR count). The van der Waals surface area contributed by atoms with Crippen molar-refractivity contribution in [1.29, 1.82) is 0 Å². The topological polar surface area (TPSA) is 146 Å². The van der Waals surface area contributed by atoms with Gasteiger partial charge in [-0.25, -0.2) is 0 Å². The van der Waals surface area contributed by atoms with Crippen molar-refractivity contribution in [3.05, 3.63) is 24.3 Å². The predicted octanol–water partition coefficient (Wildman–Crippen LogP) is -1.22. The highest BCUT2D eigenvalue weighted by atomic mass is 16.7. The summed E-state index contributed by atoms with van der Waals surface area (Å²) in [4.78, 5) is 21.8. The average Bonchev–Trinajstić information content (AvgIpc) is 2.62. The Hall–Kier alpha value is -2.04. The SMILES string of the molecule is O=CCCC(=O)Nc1ccc(OC2O[C@H](CO)[C@@H](O)[C@H](O)[C@H]2O)cc1. The molecule has 1 unspecified atom stereocenters. The van der Waals surface area contributed by atoms with E-state index >= 15 is 0 Å². The van der Waals surface area contributed by atoms with Crippen LogP contribution in [0.4, 0.5) is 5.69 Å². The fourth-order valence-corrected chi connectivity index (χ4v) is 2.33. The molecular formula is C16H21NO8. The minimum Gasteiger partial charge on any atom is -0.462 e. The van der Waals surface area contributed by atoms with E-state index in [1.54, 1.807) is 12.1 Å². The van der Waals surface area contributed by atoms with Crippen molar-refractivity contribution in [2.45, 2.75) is 43.5 Å². The molecule has 1 aliphatic heterocycles. The van der Waals surface area contributed by atoms with Gasteiger partial charge in [0, 0.05) is 18.5 Å². The number of rotatable bonds is 7. The van der Waals surface area contributed by atoms with E-state index in [1.165, 1.54) is 12.1 Å². The first kappa shape index (κ1) is 19.3.